The number of nitrogens with zero attached hydrogens (tertiary/aromatic N) is 2. The molecular weight excluding hydrogens is 510 g/mol. The van der Waals surface area contributed by atoms with E-state index < -0.39 is 18.7 Å². The SMILES string of the molecule is O=C(Nc1nn(Cc2ccc(Cl)c(Cl)c2)cc1Br)c1cccc(OCC(F)(F)F)c1. The molecule has 0 saturated heterocycles. The van der Waals surface area contributed by atoms with E-state index in [1.54, 1.807) is 29.1 Å². The molecule has 0 spiro atoms. The van der Waals surface area contributed by atoms with Crippen molar-refractivity contribution in [3.8, 4) is 5.75 Å². The minimum atomic E-state index is -4.47. The highest BCUT2D eigenvalue weighted by Gasteiger charge is 2.28. The van der Waals surface area contributed by atoms with Gasteiger partial charge in [-0.1, -0.05) is 35.3 Å². The van der Waals surface area contributed by atoms with E-state index in [4.69, 9.17) is 23.2 Å². The number of carbonyl (C=O) groups is 1. The first kappa shape index (κ1) is 22.5. The van der Waals surface area contributed by atoms with E-state index in [0.29, 0.717) is 21.1 Å². The van der Waals surface area contributed by atoms with Crippen LogP contribution in [-0.4, -0.2) is 28.5 Å². The Bertz CT molecular complexity index is 1070. The number of hydrogen-bond acceptors (Lipinski definition) is 3. The predicted molar refractivity (Wildman–Crippen MR) is 111 cm³/mol. The van der Waals surface area contributed by atoms with Crippen LogP contribution in [0, 0.1) is 0 Å². The van der Waals surface area contributed by atoms with Gasteiger partial charge >= 0.3 is 6.18 Å². The first-order valence-electron chi connectivity index (χ1n) is 8.38. The van der Waals surface area contributed by atoms with E-state index in [2.05, 4.69) is 31.1 Å². The van der Waals surface area contributed by atoms with E-state index in [0.717, 1.165) is 5.56 Å². The molecule has 2 aromatic carbocycles. The Kier molecular flexibility index (Phi) is 6.95. The molecule has 3 rings (SSSR count). The normalized spacial score (nSPS) is 11.4. The first-order chi connectivity index (χ1) is 14.1. The fourth-order valence-corrected chi connectivity index (χ4v) is 3.20. The number of hydrogen-bond donors (Lipinski definition) is 1. The number of nitrogens with one attached hydrogen (secondary N) is 1. The molecule has 11 heteroatoms. The molecule has 1 heterocycles. The average molecular weight is 523 g/mol. The van der Waals surface area contributed by atoms with Crippen LogP contribution in [0.5, 0.6) is 5.75 Å². The molecule has 0 unspecified atom stereocenters. The summed E-state index contributed by atoms with van der Waals surface area (Å²) < 4.78 is 43.7. The molecule has 0 aliphatic carbocycles. The summed E-state index contributed by atoms with van der Waals surface area (Å²) in [6.07, 6.45) is -2.80. The Labute approximate surface area is 187 Å². The third kappa shape index (κ3) is 6.13. The number of ether oxygens (including phenoxy) is 1. The Hall–Kier alpha value is -2.23. The highest BCUT2D eigenvalue weighted by Crippen LogP contribution is 2.25. The maximum Gasteiger partial charge on any atom is 0.422 e. The summed E-state index contributed by atoms with van der Waals surface area (Å²) in [4.78, 5) is 12.5. The van der Waals surface area contributed by atoms with Gasteiger partial charge < -0.3 is 10.1 Å². The van der Waals surface area contributed by atoms with Crippen LogP contribution in [0.25, 0.3) is 0 Å². The minimum absolute atomic E-state index is 0.0656. The first-order valence-corrected chi connectivity index (χ1v) is 9.93. The van der Waals surface area contributed by atoms with Gasteiger partial charge in [-0.2, -0.15) is 18.3 Å². The summed E-state index contributed by atoms with van der Waals surface area (Å²) in [6.45, 7) is -1.06. The number of aromatic nitrogens is 2. The summed E-state index contributed by atoms with van der Waals surface area (Å²) in [5.41, 5.74) is 0.979. The monoisotopic (exact) mass is 521 g/mol. The van der Waals surface area contributed by atoms with Crippen LogP contribution < -0.4 is 10.1 Å². The van der Waals surface area contributed by atoms with E-state index in [9.17, 15) is 18.0 Å². The number of rotatable bonds is 6. The van der Waals surface area contributed by atoms with E-state index in [1.165, 1.54) is 24.3 Å². The fraction of sp³-hybridized carbons (Fsp3) is 0.158. The van der Waals surface area contributed by atoms with Crippen molar-refractivity contribution in [1.29, 1.82) is 0 Å². The second kappa shape index (κ2) is 9.28. The molecule has 1 amide bonds. The van der Waals surface area contributed by atoms with Crippen molar-refractivity contribution >= 4 is 50.9 Å². The van der Waals surface area contributed by atoms with Gasteiger partial charge in [-0.15, -0.1) is 0 Å². The molecule has 30 heavy (non-hydrogen) atoms. The molecule has 3 aromatic rings. The smallest absolute Gasteiger partial charge is 0.422 e. The van der Waals surface area contributed by atoms with E-state index in [-0.39, 0.29) is 17.1 Å². The number of amides is 1. The quantitative estimate of drug-likeness (QED) is 0.419. The summed E-state index contributed by atoms with van der Waals surface area (Å²) in [5, 5.41) is 7.76. The topological polar surface area (TPSA) is 56.2 Å². The minimum Gasteiger partial charge on any atom is -0.484 e. The summed E-state index contributed by atoms with van der Waals surface area (Å²) in [5.74, 6) is -0.362. The van der Waals surface area contributed by atoms with Crippen molar-refractivity contribution in [3.05, 3.63) is 74.3 Å². The molecule has 0 bridgehead atoms. The zero-order valence-corrected chi connectivity index (χ0v) is 18.1. The number of halogens is 6. The third-order valence-electron chi connectivity index (χ3n) is 3.78. The molecule has 0 fully saturated rings. The van der Waals surface area contributed by atoms with Crippen molar-refractivity contribution in [3.63, 3.8) is 0 Å². The molecule has 158 valence electrons. The standard InChI is InChI=1S/C19H13BrCl2F3N3O2/c20-14-9-28(8-11-4-5-15(21)16(22)6-11)27-17(14)26-18(29)12-2-1-3-13(7-12)30-10-19(23,24)25/h1-7,9H,8,10H2,(H,26,27,29). The maximum atomic E-state index is 12.5. The van der Waals surface area contributed by atoms with Crippen molar-refractivity contribution in [2.24, 2.45) is 0 Å². The van der Waals surface area contributed by atoms with Crippen molar-refractivity contribution in [1.82, 2.24) is 9.78 Å². The molecule has 0 atom stereocenters. The molecule has 1 aromatic heterocycles. The van der Waals surface area contributed by atoms with E-state index >= 15 is 0 Å². The van der Waals surface area contributed by atoms with Crippen molar-refractivity contribution in [2.45, 2.75) is 12.7 Å². The molecule has 5 nitrogen and oxygen atoms in total. The number of alkyl halides is 3. The van der Waals surface area contributed by atoms with Crippen LogP contribution >= 0.6 is 39.1 Å². The van der Waals surface area contributed by atoms with Crippen LogP contribution in [0.3, 0.4) is 0 Å². The lowest BCUT2D eigenvalue weighted by Gasteiger charge is -2.10. The lowest BCUT2D eigenvalue weighted by atomic mass is 10.2. The predicted octanol–water partition coefficient (Wildman–Crippen LogP) is 6.19. The zero-order chi connectivity index (χ0) is 21.9. The number of anilines is 1. The van der Waals surface area contributed by atoms with Gasteiger partial charge in [-0.25, -0.2) is 0 Å². The molecule has 1 N–H and O–H groups in total. The van der Waals surface area contributed by atoms with Crippen molar-refractivity contribution < 1.29 is 22.7 Å². The van der Waals surface area contributed by atoms with Gasteiger partial charge in [-0.3, -0.25) is 9.48 Å². The van der Waals surface area contributed by atoms with Crippen LogP contribution in [0.15, 0.2) is 53.1 Å². The average Bonchev–Trinajstić information content (AvgIpc) is 3.01. The van der Waals surface area contributed by atoms with Gasteiger partial charge in [0, 0.05) is 11.8 Å². The Balaban J connectivity index is 1.69. The molecule has 0 aliphatic rings. The van der Waals surface area contributed by atoms with Gasteiger partial charge in [0.15, 0.2) is 12.4 Å². The van der Waals surface area contributed by atoms with Crippen LogP contribution in [0.2, 0.25) is 10.0 Å². The van der Waals surface area contributed by atoms with Crippen LogP contribution in [0.4, 0.5) is 19.0 Å². The van der Waals surface area contributed by atoms with Gasteiger partial charge in [0.25, 0.3) is 5.91 Å². The van der Waals surface area contributed by atoms with E-state index in [1.807, 2.05) is 0 Å². The van der Waals surface area contributed by atoms with Gasteiger partial charge in [-0.05, 0) is 51.8 Å². The Morgan fingerprint density at radius 3 is 2.63 bits per heavy atom. The van der Waals surface area contributed by atoms with Crippen molar-refractivity contribution in [2.75, 3.05) is 11.9 Å². The Morgan fingerprint density at radius 2 is 1.93 bits per heavy atom. The van der Waals surface area contributed by atoms with Gasteiger partial charge in [0.1, 0.15) is 5.75 Å². The second-order valence-corrected chi connectivity index (χ2v) is 7.83. The summed E-state index contributed by atoms with van der Waals surface area (Å²) in [7, 11) is 0. The second-order valence-electron chi connectivity index (χ2n) is 6.16. The third-order valence-corrected chi connectivity index (χ3v) is 5.10. The summed E-state index contributed by atoms with van der Waals surface area (Å²) >= 11 is 15.2. The number of carbonyl (C=O) groups excluding carboxylic acids is 1. The van der Waals surface area contributed by atoms with Gasteiger partial charge in [0.2, 0.25) is 0 Å². The molecular formula is C19H13BrCl2F3N3O2. The Morgan fingerprint density at radius 1 is 1.17 bits per heavy atom. The van der Waals surface area contributed by atoms with Crippen LogP contribution in [-0.2, 0) is 6.54 Å². The zero-order valence-electron chi connectivity index (χ0n) is 15.0. The molecule has 0 radical (unpaired) electrons. The molecule has 0 aliphatic heterocycles. The lowest BCUT2D eigenvalue weighted by Crippen LogP contribution is -2.19. The highest BCUT2D eigenvalue weighted by molar-refractivity contribution is 9.10. The molecule has 0 saturated carbocycles. The fourth-order valence-electron chi connectivity index (χ4n) is 2.46. The number of benzene rings is 2. The largest absolute Gasteiger partial charge is 0.484 e. The van der Waals surface area contributed by atoms with Crippen LogP contribution in [0.1, 0.15) is 15.9 Å². The lowest BCUT2D eigenvalue weighted by molar-refractivity contribution is -0.153. The highest BCUT2D eigenvalue weighted by atomic mass is 79.9. The maximum absolute atomic E-state index is 12.5. The van der Waals surface area contributed by atoms with Gasteiger partial charge in [0.05, 0.1) is 21.1 Å². The summed E-state index contributed by atoms with van der Waals surface area (Å²) in [6, 6.07) is 10.6.